The average molecular weight is 267 g/mol. The molecule has 1 fully saturated rings. The van der Waals surface area contributed by atoms with Crippen LogP contribution in [0.1, 0.15) is 25.0 Å². The van der Waals surface area contributed by atoms with Crippen molar-refractivity contribution in [3.8, 4) is 0 Å². The number of likely N-dealkylation sites (tertiary alicyclic amines) is 1. The lowest BCUT2D eigenvalue weighted by atomic mass is 9.95. The Hall–Kier alpha value is -1.40. The highest BCUT2D eigenvalue weighted by Gasteiger charge is 2.21. The van der Waals surface area contributed by atoms with Gasteiger partial charge in [0, 0.05) is 19.2 Å². The summed E-state index contributed by atoms with van der Waals surface area (Å²) < 4.78 is 4.95. The van der Waals surface area contributed by atoms with E-state index in [1.807, 2.05) is 6.92 Å². The summed E-state index contributed by atoms with van der Waals surface area (Å²) in [5.41, 5.74) is 0.747. The summed E-state index contributed by atoms with van der Waals surface area (Å²) in [6.07, 6.45) is 3.04. The van der Waals surface area contributed by atoms with Gasteiger partial charge in [-0.05, 0) is 38.6 Å². The third kappa shape index (κ3) is 4.33. The van der Waals surface area contributed by atoms with Crippen LogP contribution in [0.2, 0.25) is 0 Å². The van der Waals surface area contributed by atoms with E-state index in [4.69, 9.17) is 9.63 Å². The Balaban J connectivity index is 1.78. The summed E-state index contributed by atoms with van der Waals surface area (Å²) in [6, 6.07) is 1.70. The van der Waals surface area contributed by atoms with Gasteiger partial charge in [0.2, 0.25) is 11.8 Å². The predicted octanol–water partition coefficient (Wildman–Crippen LogP) is 1.02. The van der Waals surface area contributed by atoms with Crippen molar-refractivity contribution in [3.63, 3.8) is 0 Å². The number of aromatic nitrogens is 1. The molecule has 1 aromatic rings. The van der Waals surface area contributed by atoms with Crippen LogP contribution in [-0.2, 0) is 4.79 Å². The third-order valence-corrected chi connectivity index (χ3v) is 3.40. The molecule has 6 heteroatoms. The number of carbonyl (C=O) groups excluding carboxylic acids is 1. The minimum atomic E-state index is -0.0826. The van der Waals surface area contributed by atoms with Crippen molar-refractivity contribution in [2.75, 3.05) is 31.6 Å². The molecule has 19 heavy (non-hydrogen) atoms. The number of nitrogens with zero attached hydrogens (tertiary/aromatic N) is 2. The zero-order valence-corrected chi connectivity index (χ0v) is 11.3. The number of rotatable bonds is 5. The fraction of sp³-hybridized carbons (Fsp3) is 0.692. The highest BCUT2D eigenvalue weighted by Crippen LogP contribution is 2.19. The minimum absolute atomic E-state index is 0.0826. The van der Waals surface area contributed by atoms with E-state index in [1.165, 1.54) is 0 Å². The topological polar surface area (TPSA) is 78.6 Å². The maximum atomic E-state index is 11.9. The van der Waals surface area contributed by atoms with Crippen LogP contribution in [-0.4, -0.2) is 47.3 Å². The Bertz CT molecular complexity index is 417. The number of aliphatic hydroxyl groups is 1. The first kappa shape index (κ1) is 14.0. The second-order valence-electron chi connectivity index (χ2n) is 5.14. The molecule has 1 aliphatic heterocycles. The fourth-order valence-corrected chi connectivity index (χ4v) is 2.52. The van der Waals surface area contributed by atoms with E-state index in [-0.39, 0.29) is 12.5 Å². The molecule has 6 nitrogen and oxygen atoms in total. The van der Waals surface area contributed by atoms with Gasteiger partial charge in [-0.2, -0.15) is 0 Å². The summed E-state index contributed by atoms with van der Waals surface area (Å²) >= 11 is 0. The molecular formula is C13H21N3O3. The van der Waals surface area contributed by atoms with Gasteiger partial charge in [0.25, 0.3) is 0 Å². The number of hydrogen-bond donors (Lipinski definition) is 2. The summed E-state index contributed by atoms with van der Waals surface area (Å²) in [6.45, 7) is 4.21. The van der Waals surface area contributed by atoms with Crippen molar-refractivity contribution in [2.24, 2.45) is 5.92 Å². The lowest BCUT2D eigenvalue weighted by molar-refractivity contribution is -0.117. The molecule has 0 saturated carbocycles. The Morgan fingerprint density at radius 3 is 3.21 bits per heavy atom. The van der Waals surface area contributed by atoms with Crippen molar-refractivity contribution in [3.05, 3.63) is 11.8 Å². The second-order valence-corrected chi connectivity index (χ2v) is 5.14. The lowest BCUT2D eigenvalue weighted by Gasteiger charge is -2.31. The smallest absolute Gasteiger partial charge is 0.240 e. The molecule has 1 aliphatic rings. The molecule has 1 aromatic heterocycles. The molecule has 1 atom stereocenters. The number of anilines is 1. The highest BCUT2D eigenvalue weighted by molar-refractivity contribution is 5.90. The largest absolute Gasteiger partial charge is 0.396 e. The molecule has 0 radical (unpaired) electrons. The molecule has 0 bridgehead atoms. The molecule has 1 saturated heterocycles. The average Bonchev–Trinajstić information content (AvgIpc) is 2.75. The molecule has 2 rings (SSSR count). The van der Waals surface area contributed by atoms with Crippen molar-refractivity contribution < 1.29 is 14.4 Å². The van der Waals surface area contributed by atoms with Crippen molar-refractivity contribution in [1.82, 2.24) is 10.1 Å². The van der Waals surface area contributed by atoms with E-state index >= 15 is 0 Å². The summed E-state index contributed by atoms with van der Waals surface area (Å²) in [5, 5.41) is 15.4. The number of piperidine rings is 1. The van der Waals surface area contributed by atoms with Crippen LogP contribution in [0.5, 0.6) is 0 Å². The molecule has 106 valence electrons. The van der Waals surface area contributed by atoms with Crippen LogP contribution in [0.3, 0.4) is 0 Å². The minimum Gasteiger partial charge on any atom is -0.396 e. The van der Waals surface area contributed by atoms with E-state index in [9.17, 15) is 4.79 Å². The zero-order valence-electron chi connectivity index (χ0n) is 11.3. The number of aryl methyl sites for hydroxylation is 1. The fourth-order valence-electron chi connectivity index (χ4n) is 2.52. The quantitative estimate of drug-likeness (QED) is 0.832. The van der Waals surface area contributed by atoms with E-state index in [0.717, 1.165) is 38.0 Å². The monoisotopic (exact) mass is 267 g/mol. The number of amides is 1. The number of nitrogens with one attached hydrogen (secondary N) is 1. The number of aliphatic hydroxyl groups excluding tert-OH is 1. The van der Waals surface area contributed by atoms with Gasteiger partial charge >= 0.3 is 0 Å². The normalized spacial score (nSPS) is 20.4. The molecule has 1 amide bonds. The van der Waals surface area contributed by atoms with E-state index in [1.54, 1.807) is 6.07 Å². The summed E-state index contributed by atoms with van der Waals surface area (Å²) in [7, 11) is 0. The standard InChI is InChI=1S/C13H21N3O3/c1-10-7-13(19-15-10)14-12(18)9-16-5-2-3-11(8-16)4-6-17/h7,11,17H,2-6,8-9H2,1H3,(H,14,18). The van der Waals surface area contributed by atoms with Crippen LogP contribution < -0.4 is 5.32 Å². The Labute approximate surface area is 112 Å². The van der Waals surface area contributed by atoms with Crippen LogP contribution >= 0.6 is 0 Å². The molecule has 2 heterocycles. The van der Waals surface area contributed by atoms with Gasteiger partial charge in [-0.1, -0.05) is 5.16 Å². The van der Waals surface area contributed by atoms with Gasteiger partial charge in [-0.15, -0.1) is 0 Å². The zero-order chi connectivity index (χ0) is 13.7. The third-order valence-electron chi connectivity index (χ3n) is 3.40. The first-order valence-electron chi connectivity index (χ1n) is 6.73. The Morgan fingerprint density at radius 2 is 2.53 bits per heavy atom. The van der Waals surface area contributed by atoms with Gasteiger partial charge in [0.15, 0.2) is 0 Å². The summed E-state index contributed by atoms with van der Waals surface area (Å²) in [4.78, 5) is 14.0. The van der Waals surface area contributed by atoms with Crippen LogP contribution in [0.4, 0.5) is 5.88 Å². The first-order chi connectivity index (χ1) is 9.17. The molecule has 0 aromatic carbocycles. The molecule has 1 unspecified atom stereocenters. The molecule has 0 aliphatic carbocycles. The Kier molecular flexibility index (Phi) is 4.93. The van der Waals surface area contributed by atoms with E-state index in [2.05, 4.69) is 15.4 Å². The maximum absolute atomic E-state index is 11.9. The van der Waals surface area contributed by atoms with Gasteiger partial charge in [0.1, 0.15) is 0 Å². The number of carbonyl (C=O) groups is 1. The van der Waals surface area contributed by atoms with Gasteiger partial charge in [-0.3, -0.25) is 15.0 Å². The highest BCUT2D eigenvalue weighted by atomic mass is 16.5. The predicted molar refractivity (Wildman–Crippen MR) is 70.7 cm³/mol. The molecule has 0 spiro atoms. The first-order valence-corrected chi connectivity index (χ1v) is 6.73. The van der Waals surface area contributed by atoms with E-state index < -0.39 is 0 Å². The van der Waals surface area contributed by atoms with E-state index in [0.29, 0.717) is 18.3 Å². The molecular weight excluding hydrogens is 246 g/mol. The second kappa shape index (κ2) is 6.68. The van der Waals surface area contributed by atoms with Crippen molar-refractivity contribution in [1.29, 1.82) is 0 Å². The van der Waals surface area contributed by atoms with Crippen LogP contribution in [0.25, 0.3) is 0 Å². The van der Waals surface area contributed by atoms with Gasteiger partial charge in [0.05, 0.1) is 12.2 Å². The SMILES string of the molecule is Cc1cc(NC(=O)CN2CCCC(CCO)C2)on1. The lowest BCUT2D eigenvalue weighted by Crippen LogP contribution is -2.40. The van der Waals surface area contributed by atoms with Crippen LogP contribution in [0, 0.1) is 12.8 Å². The van der Waals surface area contributed by atoms with Crippen LogP contribution in [0.15, 0.2) is 10.6 Å². The van der Waals surface area contributed by atoms with Gasteiger partial charge in [-0.25, -0.2) is 0 Å². The Morgan fingerprint density at radius 1 is 1.68 bits per heavy atom. The van der Waals surface area contributed by atoms with Crippen molar-refractivity contribution >= 4 is 11.8 Å². The van der Waals surface area contributed by atoms with Gasteiger partial charge < -0.3 is 9.63 Å². The number of hydrogen-bond acceptors (Lipinski definition) is 5. The summed E-state index contributed by atoms with van der Waals surface area (Å²) in [5.74, 6) is 0.811. The van der Waals surface area contributed by atoms with Crippen molar-refractivity contribution in [2.45, 2.75) is 26.2 Å². The molecule has 2 N–H and O–H groups in total. The maximum Gasteiger partial charge on any atom is 0.240 e.